The molecule has 0 unspecified atom stereocenters. The van der Waals surface area contributed by atoms with Gasteiger partial charge in [0, 0.05) is 30.0 Å². The lowest BCUT2D eigenvalue weighted by Crippen LogP contribution is -2.11. The molecule has 0 aromatic carbocycles. The van der Waals surface area contributed by atoms with E-state index in [1.807, 2.05) is 30.0 Å². The number of hydrogen-bond acceptors (Lipinski definition) is 4. The predicted octanol–water partition coefficient (Wildman–Crippen LogP) is 2.02. The highest BCUT2D eigenvalue weighted by molar-refractivity contribution is 7.09. The van der Waals surface area contributed by atoms with Crippen LogP contribution in [0.5, 0.6) is 0 Å². The van der Waals surface area contributed by atoms with Crippen LogP contribution in [-0.2, 0) is 24.2 Å². The Labute approximate surface area is 104 Å². The first-order chi connectivity index (χ1) is 8.19. The van der Waals surface area contributed by atoms with Crippen LogP contribution in [0.15, 0.2) is 17.8 Å². The molecule has 0 aliphatic rings. The molecule has 0 saturated carbocycles. The highest BCUT2D eigenvalue weighted by Gasteiger charge is 2.11. The van der Waals surface area contributed by atoms with Gasteiger partial charge in [-0.05, 0) is 13.8 Å². The van der Waals surface area contributed by atoms with Crippen molar-refractivity contribution >= 4 is 17.1 Å². The van der Waals surface area contributed by atoms with Crippen molar-refractivity contribution in [3.8, 4) is 0 Å². The summed E-state index contributed by atoms with van der Waals surface area (Å²) in [4.78, 5) is 20.4. The quantitative estimate of drug-likeness (QED) is 0.814. The number of Topliss-reactive ketones (excluding diaryl/α,β-unsaturated/α-hetero) is 1. The lowest BCUT2D eigenvalue weighted by Gasteiger charge is -2.02. The lowest BCUT2D eigenvalue weighted by atomic mass is 10.2. The van der Waals surface area contributed by atoms with Crippen LogP contribution in [0.4, 0.5) is 0 Å². The van der Waals surface area contributed by atoms with E-state index in [1.54, 1.807) is 17.5 Å². The molecule has 2 rings (SSSR count). The molecule has 0 spiro atoms. The fraction of sp³-hybridized carbons (Fsp3) is 0.417. The molecule has 0 aliphatic heterocycles. The molecule has 2 aromatic heterocycles. The summed E-state index contributed by atoms with van der Waals surface area (Å²) in [6.45, 7) is 4.83. The number of imidazole rings is 1. The number of ketones is 1. The summed E-state index contributed by atoms with van der Waals surface area (Å²) in [5, 5.41) is 2.86. The van der Waals surface area contributed by atoms with Gasteiger partial charge >= 0.3 is 0 Å². The number of aromatic nitrogens is 3. The zero-order chi connectivity index (χ0) is 12.3. The van der Waals surface area contributed by atoms with Crippen LogP contribution in [0, 0.1) is 6.92 Å². The summed E-state index contributed by atoms with van der Waals surface area (Å²) >= 11 is 1.54. The Morgan fingerprint density at radius 1 is 1.47 bits per heavy atom. The summed E-state index contributed by atoms with van der Waals surface area (Å²) in [7, 11) is 0. The smallest absolute Gasteiger partial charge is 0.147 e. The Morgan fingerprint density at radius 2 is 2.29 bits per heavy atom. The Bertz CT molecular complexity index is 515. The predicted molar refractivity (Wildman–Crippen MR) is 67.2 cm³/mol. The van der Waals surface area contributed by atoms with Gasteiger partial charge in [-0.15, -0.1) is 11.3 Å². The Morgan fingerprint density at radius 3 is 2.94 bits per heavy atom. The first kappa shape index (κ1) is 12.0. The Kier molecular flexibility index (Phi) is 3.68. The van der Waals surface area contributed by atoms with Gasteiger partial charge in [0.15, 0.2) is 0 Å². The molecule has 0 bridgehead atoms. The van der Waals surface area contributed by atoms with Crippen LogP contribution in [-0.4, -0.2) is 20.3 Å². The second-order valence-electron chi connectivity index (χ2n) is 3.90. The number of carbonyl (C=O) groups excluding carboxylic acids is 1. The van der Waals surface area contributed by atoms with Gasteiger partial charge in [-0.2, -0.15) is 0 Å². The van der Waals surface area contributed by atoms with Crippen molar-refractivity contribution in [1.82, 2.24) is 14.5 Å². The first-order valence-electron chi connectivity index (χ1n) is 5.61. The zero-order valence-electron chi connectivity index (χ0n) is 10.0. The minimum atomic E-state index is 0.167. The number of thiazole rings is 1. The molecule has 90 valence electrons. The van der Waals surface area contributed by atoms with E-state index >= 15 is 0 Å². The average Bonchev–Trinajstić information content (AvgIpc) is 2.87. The maximum absolute atomic E-state index is 11.9. The highest BCUT2D eigenvalue weighted by atomic mass is 32.1. The Hall–Kier alpha value is -1.49. The zero-order valence-corrected chi connectivity index (χ0v) is 10.8. The van der Waals surface area contributed by atoms with Gasteiger partial charge in [0.2, 0.25) is 0 Å². The SMILES string of the molecule is CCn1ccnc1CC(=O)Cc1nc(C)cs1. The topological polar surface area (TPSA) is 47.8 Å². The minimum absolute atomic E-state index is 0.167. The molecule has 0 atom stereocenters. The fourth-order valence-corrected chi connectivity index (χ4v) is 2.49. The van der Waals surface area contributed by atoms with Crippen molar-refractivity contribution in [2.24, 2.45) is 0 Å². The van der Waals surface area contributed by atoms with Gasteiger partial charge in [0.1, 0.15) is 16.6 Å². The summed E-state index contributed by atoms with van der Waals surface area (Å²) in [6, 6.07) is 0. The summed E-state index contributed by atoms with van der Waals surface area (Å²) in [5.74, 6) is 1.01. The van der Waals surface area contributed by atoms with Crippen molar-refractivity contribution in [1.29, 1.82) is 0 Å². The van der Waals surface area contributed by atoms with Crippen molar-refractivity contribution in [2.45, 2.75) is 33.2 Å². The summed E-state index contributed by atoms with van der Waals surface area (Å²) in [5.41, 5.74) is 0.979. The fourth-order valence-electron chi connectivity index (χ4n) is 1.69. The van der Waals surface area contributed by atoms with Gasteiger partial charge in [0.05, 0.1) is 12.8 Å². The number of nitrogens with zero attached hydrogens (tertiary/aromatic N) is 3. The molecule has 0 amide bonds. The minimum Gasteiger partial charge on any atom is -0.335 e. The van der Waals surface area contributed by atoms with Crippen LogP contribution >= 0.6 is 11.3 Å². The molecule has 2 heterocycles. The van der Waals surface area contributed by atoms with Gasteiger partial charge in [0.25, 0.3) is 0 Å². The summed E-state index contributed by atoms with van der Waals surface area (Å²) in [6.07, 6.45) is 4.43. The van der Waals surface area contributed by atoms with E-state index in [4.69, 9.17) is 0 Å². The van der Waals surface area contributed by atoms with E-state index < -0.39 is 0 Å². The van der Waals surface area contributed by atoms with Crippen molar-refractivity contribution < 1.29 is 4.79 Å². The standard InChI is InChI=1S/C12H15N3OS/c1-3-15-5-4-13-11(15)6-10(16)7-12-14-9(2)8-17-12/h4-5,8H,3,6-7H2,1-2H3. The Balaban J connectivity index is 1.98. The van der Waals surface area contributed by atoms with Gasteiger partial charge in [-0.1, -0.05) is 0 Å². The van der Waals surface area contributed by atoms with E-state index in [9.17, 15) is 4.79 Å². The van der Waals surface area contributed by atoms with Crippen LogP contribution in [0.2, 0.25) is 0 Å². The van der Waals surface area contributed by atoms with Crippen molar-refractivity contribution in [2.75, 3.05) is 0 Å². The monoisotopic (exact) mass is 249 g/mol. The van der Waals surface area contributed by atoms with E-state index in [0.29, 0.717) is 12.8 Å². The van der Waals surface area contributed by atoms with Gasteiger partial charge < -0.3 is 4.57 Å². The molecule has 0 saturated heterocycles. The molecule has 5 heteroatoms. The molecule has 0 radical (unpaired) electrons. The third kappa shape index (κ3) is 3.00. The molecule has 4 nitrogen and oxygen atoms in total. The van der Waals surface area contributed by atoms with E-state index in [2.05, 4.69) is 9.97 Å². The third-order valence-corrected chi connectivity index (χ3v) is 3.48. The maximum Gasteiger partial charge on any atom is 0.147 e. The second-order valence-corrected chi connectivity index (χ2v) is 4.85. The number of carbonyl (C=O) groups is 1. The number of hydrogen-bond donors (Lipinski definition) is 0. The lowest BCUT2D eigenvalue weighted by molar-refractivity contribution is -0.117. The summed E-state index contributed by atoms with van der Waals surface area (Å²) < 4.78 is 1.99. The second kappa shape index (κ2) is 5.23. The molecule has 0 aliphatic carbocycles. The van der Waals surface area contributed by atoms with Crippen LogP contribution in [0.25, 0.3) is 0 Å². The van der Waals surface area contributed by atoms with Crippen LogP contribution in [0.3, 0.4) is 0 Å². The molecule has 2 aromatic rings. The van der Waals surface area contributed by atoms with Crippen molar-refractivity contribution in [3.63, 3.8) is 0 Å². The maximum atomic E-state index is 11.9. The molecular formula is C12H15N3OS. The third-order valence-electron chi connectivity index (χ3n) is 2.51. The molecule has 0 N–H and O–H groups in total. The van der Waals surface area contributed by atoms with E-state index in [-0.39, 0.29) is 5.78 Å². The van der Waals surface area contributed by atoms with Crippen LogP contribution in [0.1, 0.15) is 23.4 Å². The normalized spacial score (nSPS) is 10.7. The van der Waals surface area contributed by atoms with E-state index in [1.165, 1.54) is 0 Å². The van der Waals surface area contributed by atoms with Crippen LogP contribution < -0.4 is 0 Å². The molecular weight excluding hydrogens is 234 g/mol. The number of rotatable bonds is 5. The average molecular weight is 249 g/mol. The van der Waals surface area contributed by atoms with Gasteiger partial charge in [-0.25, -0.2) is 9.97 Å². The molecule has 17 heavy (non-hydrogen) atoms. The molecule has 0 fully saturated rings. The highest BCUT2D eigenvalue weighted by Crippen LogP contribution is 2.11. The first-order valence-corrected chi connectivity index (χ1v) is 6.49. The van der Waals surface area contributed by atoms with Crippen molar-refractivity contribution in [3.05, 3.63) is 34.3 Å². The van der Waals surface area contributed by atoms with E-state index in [0.717, 1.165) is 23.1 Å². The number of aryl methyl sites for hydroxylation is 2. The van der Waals surface area contributed by atoms with Gasteiger partial charge in [-0.3, -0.25) is 4.79 Å². The largest absolute Gasteiger partial charge is 0.335 e.